The Balaban J connectivity index is 1.55. The van der Waals surface area contributed by atoms with E-state index in [0.717, 1.165) is 24.9 Å². The molecule has 6 nitrogen and oxygen atoms in total. The number of alkyl halides is 3. The van der Waals surface area contributed by atoms with Crippen LogP contribution in [0.1, 0.15) is 31.2 Å². The van der Waals surface area contributed by atoms with Crippen LogP contribution in [0.15, 0.2) is 12.4 Å². The number of carbonyl (C=O) groups is 1. The van der Waals surface area contributed by atoms with Crippen LogP contribution < -0.4 is 11.1 Å². The maximum absolute atomic E-state index is 12.3. The van der Waals surface area contributed by atoms with E-state index in [1.807, 2.05) is 0 Å². The summed E-state index contributed by atoms with van der Waals surface area (Å²) in [4.78, 5) is 22.0. The topological polar surface area (TPSA) is 84.1 Å². The Bertz CT molecular complexity index is 603. The number of carbonyl (C=O) groups excluding carboxylic acids is 1. The van der Waals surface area contributed by atoms with Crippen molar-refractivity contribution >= 4 is 11.9 Å². The van der Waals surface area contributed by atoms with Gasteiger partial charge in [-0.3, -0.25) is 9.69 Å². The maximum Gasteiger partial charge on any atom is 0.389 e. The fraction of sp³-hybridized carbons (Fsp3) is 0.688. The number of likely N-dealkylation sites (tertiary alicyclic amines) is 1. The molecule has 1 aromatic rings. The number of rotatable bonds is 6. The van der Waals surface area contributed by atoms with Gasteiger partial charge < -0.3 is 11.1 Å². The second-order valence-electron chi connectivity index (χ2n) is 6.93. The monoisotopic (exact) mass is 357 g/mol. The molecule has 0 unspecified atom stereocenters. The summed E-state index contributed by atoms with van der Waals surface area (Å²) in [5, 5.41) is 2.82. The number of anilines is 1. The van der Waals surface area contributed by atoms with Crippen LogP contribution >= 0.6 is 0 Å². The first kappa shape index (κ1) is 17.9. The molecule has 2 aliphatic rings. The van der Waals surface area contributed by atoms with Crippen molar-refractivity contribution in [1.82, 2.24) is 20.2 Å². The minimum absolute atomic E-state index is 0.0945. The minimum Gasteiger partial charge on any atom is -0.368 e. The van der Waals surface area contributed by atoms with Crippen molar-refractivity contribution in [3.8, 4) is 0 Å². The third-order valence-electron chi connectivity index (χ3n) is 4.78. The molecule has 3 rings (SSSR count). The molecule has 0 bridgehead atoms. The smallest absolute Gasteiger partial charge is 0.368 e. The van der Waals surface area contributed by atoms with Crippen LogP contribution in [0.5, 0.6) is 0 Å². The molecule has 0 spiro atoms. The van der Waals surface area contributed by atoms with Crippen LogP contribution in [0.25, 0.3) is 0 Å². The fourth-order valence-corrected chi connectivity index (χ4v) is 3.44. The van der Waals surface area contributed by atoms with Crippen LogP contribution in [-0.4, -0.2) is 46.1 Å². The first-order valence-electron chi connectivity index (χ1n) is 8.45. The molecule has 1 aliphatic heterocycles. The molecule has 2 fully saturated rings. The van der Waals surface area contributed by atoms with Crippen molar-refractivity contribution < 1.29 is 18.0 Å². The third-order valence-corrected chi connectivity index (χ3v) is 4.78. The van der Waals surface area contributed by atoms with E-state index in [2.05, 4.69) is 20.2 Å². The Morgan fingerprint density at radius 1 is 1.28 bits per heavy atom. The Morgan fingerprint density at radius 2 is 1.96 bits per heavy atom. The lowest BCUT2D eigenvalue weighted by Gasteiger charge is -2.19. The highest BCUT2D eigenvalue weighted by molar-refractivity contribution is 5.76. The maximum atomic E-state index is 12.3. The molecular formula is C16H22F3N5O. The van der Waals surface area contributed by atoms with Crippen LogP contribution in [-0.2, 0) is 11.3 Å². The van der Waals surface area contributed by atoms with Gasteiger partial charge in [-0.15, -0.1) is 0 Å². The van der Waals surface area contributed by atoms with Gasteiger partial charge in [-0.1, -0.05) is 0 Å². The Kier molecular flexibility index (Phi) is 5.12. The largest absolute Gasteiger partial charge is 0.389 e. The average Bonchev–Trinajstić information content (AvgIpc) is 3.30. The summed E-state index contributed by atoms with van der Waals surface area (Å²) in [6.07, 6.45) is -0.302. The zero-order chi connectivity index (χ0) is 18.0. The summed E-state index contributed by atoms with van der Waals surface area (Å²) >= 11 is 0. The molecule has 1 saturated heterocycles. The van der Waals surface area contributed by atoms with Gasteiger partial charge in [0, 0.05) is 50.1 Å². The predicted molar refractivity (Wildman–Crippen MR) is 85.2 cm³/mol. The van der Waals surface area contributed by atoms with Gasteiger partial charge in [-0.05, 0) is 24.7 Å². The number of hydrogen-bond acceptors (Lipinski definition) is 5. The van der Waals surface area contributed by atoms with E-state index in [-0.39, 0.29) is 12.0 Å². The highest BCUT2D eigenvalue weighted by Gasteiger charge is 2.43. The van der Waals surface area contributed by atoms with Gasteiger partial charge in [0.25, 0.3) is 0 Å². The molecule has 1 amide bonds. The van der Waals surface area contributed by atoms with E-state index >= 15 is 0 Å². The highest BCUT2D eigenvalue weighted by Crippen LogP contribution is 2.41. The van der Waals surface area contributed by atoms with Crippen molar-refractivity contribution in [2.45, 2.75) is 44.4 Å². The van der Waals surface area contributed by atoms with E-state index in [0.29, 0.717) is 24.9 Å². The van der Waals surface area contributed by atoms with Gasteiger partial charge in [0.1, 0.15) is 0 Å². The average molecular weight is 357 g/mol. The summed E-state index contributed by atoms with van der Waals surface area (Å²) < 4.78 is 36.8. The second kappa shape index (κ2) is 7.15. The van der Waals surface area contributed by atoms with E-state index in [4.69, 9.17) is 5.73 Å². The first-order chi connectivity index (χ1) is 11.8. The van der Waals surface area contributed by atoms with Gasteiger partial charge in [0.15, 0.2) is 0 Å². The number of hydrogen-bond donors (Lipinski definition) is 2. The summed E-state index contributed by atoms with van der Waals surface area (Å²) in [7, 11) is 0. The van der Waals surface area contributed by atoms with E-state index in [1.54, 1.807) is 12.4 Å². The Labute approximate surface area is 144 Å². The summed E-state index contributed by atoms with van der Waals surface area (Å²) in [6.45, 7) is 2.08. The van der Waals surface area contributed by atoms with Gasteiger partial charge in [0.2, 0.25) is 11.9 Å². The van der Waals surface area contributed by atoms with Crippen LogP contribution in [0.2, 0.25) is 0 Å². The van der Waals surface area contributed by atoms with Crippen molar-refractivity contribution in [2.75, 3.05) is 18.8 Å². The number of halogens is 3. The molecule has 3 N–H and O–H groups in total. The fourth-order valence-electron chi connectivity index (χ4n) is 3.44. The summed E-state index contributed by atoms with van der Waals surface area (Å²) in [5.41, 5.74) is 6.40. The summed E-state index contributed by atoms with van der Waals surface area (Å²) in [6, 6.07) is -0.0945. The SMILES string of the molecule is Nc1ncc(CN2C[C@@H](NC(=O)CCC(F)(F)F)[C@H](C3CC3)C2)cn1. The zero-order valence-electron chi connectivity index (χ0n) is 13.8. The number of nitrogen functional groups attached to an aromatic ring is 1. The zero-order valence-corrected chi connectivity index (χ0v) is 13.8. The quantitative estimate of drug-likeness (QED) is 0.810. The predicted octanol–water partition coefficient (Wildman–Crippen LogP) is 1.73. The van der Waals surface area contributed by atoms with E-state index < -0.39 is 24.9 Å². The number of nitrogens with zero attached hydrogens (tertiary/aromatic N) is 3. The lowest BCUT2D eigenvalue weighted by atomic mass is 9.98. The molecule has 2 atom stereocenters. The van der Waals surface area contributed by atoms with Gasteiger partial charge >= 0.3 is 6.18 Å². The minimum atomic E-state index is -4.30. The molecule has 138 valence electrons. The van der Waals surface area contributed by atoms with E-state index in [9.17, 15) is 18.0 Å². The van der Waals surface area contributed by atoms with Crippen LogP contribution in [0.4, 0.5) is 19.1 Å². The van der Waals surface area contributed by atoms with Gasteiger partial charge in [0.05, 0.1) is 6.42 Å². The van der Waals surface area contributed by atoms with Gasteiger partial charge in [-0.2, -0.15) is 13.2 Å². The lowest BCUT2D eigenvalue weighted by molar-refractivity contribution is -0.144. The molecule has 1 aromatic heterocycles. The second-order valence-corrected chi connectivity index (χ2v) is 6.93. The first-order valence-corrected chi connectivity index (χ1v) is 8.45. The lowest BCUT2D eigenvalue weighted by Crippen LogP contribution is -2.41. The Hall–Kier alpha value is -1.90. The molecule has 25 heavy (non-hydrogen) atoms. The van der Waals surface area contributed by atoms with Crippen LogP contribution in [0, 0.1) is 11.8 Å². The molecule has 9 heteroatoms. The van der Waals surface area contributed by atoms with Crippen molar-refractivity contribution in [1.29, 1.82) is 0 Å². The van der Waals surface area contributed by atoms with Crippen molar-refractivity contribution in [2.24, 2.45) is 11.8 Å². The third kappa shape index (κ3) is 5.29. The number of nitrogens with two attached hydrogens (primary N) is 1. The molecule has 0 radical (unpaired) electrons. The number of amides is 1. The van der Waals surface area contributed by atoms with Crippen molar-refractivity contribution in [3.63, 3.8) is 0 Å². The van der Waals surface area contributed by atoms with E-state index in [1.165, 1.54) is 0 Å². The molecule has 0 aromatic carbocycles. The van der Waals surface area contributed by atoms with Crippen LogP contribution in [0.3, 0.4) is 0 Å². The standard InChI is InChI=1S/C16H22F3N5O/c17-16(18,19)4-3-14(25)23-13-9-24(8-12(13)11-1-2-11)7-10-5-21-15(20)22-6-10/h5-6,11-13H,1-4,7-9H2,(H,23,25)(H2,20,21,22)/t12-,13+/m0/s1. The Morgan fingerprint density at radius 3 is 2.56 bits per heavy atom. The number of nitrogens with one attached hydrogen (secondary N) is 1. The normalized spacial score (nSPS) is 24.4. The molecular weight excluding hydrogens is 335 g/mol. The van der Waals surface area contributed by atoms with Crippen molar-refractivity contribution in [3.05, 3.63) is 18.0 Å². The molecule has 1 saturated carbocycles. The molecule has 1 aliphatic carbocycles. The van der Waals surface area contributed by atoms with Gasteiger partial charge in [-0.25, -0.2) is 9.97 Å². The summed E-state index contributed by atoms with van der Waals surface area (Å²) in [5.74, 6) is 0.548. The highest BCUT2D eigenvalue weighted by atomic mass is 19.4. The number of aromatic nitrogens is 2. The molecule has 2 heterocycles.